The maximum Gasteiger partial charge on any atom is 0.262 e. The largest absolute Gasteiger partial charge is 0.484 e. The number of anilines is 2. The summed E-state index contributed by atoms with van der Waals surface area (Å²) in [6.45, 7) is 1.93. The van der Waals surface area contributed by atoms with Crippen molar-refractivity contribution in [1.29, 1.82) is 0 Å². The van der Waals surface area contributed by atoms with E-state index in [2.05, 4.69) is 10.2 Å². The molecule has 1 N–H and O–H groups in total. The summed E-state index contributed by atoms with van der Waals surface area (Å²) in [5.74, 6) is 0.284. The number of amides is 1. The highest BCUT2D eigenvalue weighted by molar-refractivity contribution is 6.09. The Hall–Kier alpha value is -3.60. The van der Waals surface area contributed by atoms with Crippen molar-refractivity contribution in [3.8, 4) is 5.75 Å². The van der Waals surface area contributed by atoms with Gasteiger partial charge in [-0.15, -0.1) is 0 Å². The van der Waals surface area contributed by atoms with Crippen LogP contribution in [0.3, 0.4) is 0 Å². The summed E-state index contributed by atoms with van der Waals surface area (Å²) in [6.07, 6.45) is 2.35. The Bertz CT molecular complexity index is 1010. The molecule has 152 valence electrons. The Morgan fingerprint density at radius 2 is 1.43 bits per heavy atom. The zero-order valence-electron chi connectivity index (χ0n) is 16.7. The van der Waals surface area contributed by atoms with E-state index in [9.17, 15) is 9.59 Å². The molecule has 1 amide bonds. The molecule has 1 aliphatic heterocycles. The molecule has 1 fully saturated rings. The number of hydrogen-bond acceptors (Lipinski definition) is 4. The van der Waals surface area contributed by atoms with Crippen molar-refractivity contribution in [2.45, 2.75) is 12.8 Å². The van der Waals surface area contributed by atoms with Crippen molar-refractivity contribution < 1.29 is 14.3 Å². The van der Waals surface area contributed by atoms with Crippen LogP contribution in [0.2, 0.25) is 0 Å². The third-order valence-electron chi connectivity index (χ3n) is 5.15. The molecular weight excluding hydrogens is 376 g/mol. The molecule has 5 heteroatoms. The second-order valence-corrected chi connectivity index (χ2v) is 7.27. The van der Waals surface area contributed by atoms with Crippen LogP contribution < -0.4 is 15.0 Å². The van der Waals surface area contributed by atoms with Gasteiger partial charge in [-0.25, -0.2) is 0 Å². The lowest BCUT2D eigenvalue weighted by molar-refractivity contribution is -0.118. The molecule has 0 aliphatic carbocycles. The number of nitrogens with zero attached hydrogens (tertiary/aromatic N) is 1. The molecule has 0 unspecified atom stereocenters. The van der Waals surface area contributed by atoms with Crippen LogP contribution >= 0.6 is 0 Å². The fourth-order valence-corrected chi connectivity index (χ4v) is 3.61. The molecule has 0 aromatic heterocycles. The van der Waals surface area contributed by atoms with Crippen molar-refractivity contribution in [2.24, 2.45) is 0 Å². The highest BCUT2D eigenvalue weighted by atomic mass is 16.5. The van der Waals surface area contributed by atoms with Gasteiger partial charge in [0.15, 0.2) is 12.4 Å². The van der Waals surface area contributed by atoms with Gasteiger partial charge < -0.3 is 15.0 Å². The number of para-hydroxylation sites is 2. The zero-order valence-corrected chi connectivity index (χ0v) is 16.7. The monoisotopic (exact) mass is 400 g/mol. The molecular formula is C25H24N2O3. The molecule has 0 bridgehead atoms. The van der Waals surface area contributed by atoms with E-state index in [1.165, 1.54) is 12.8 Å². The molecule has 0 atom stereocenters. The Balaban J connectivity index is 1.34. The third kappa shape index (κ3) is 4.69. The molecule has 5 nitrogen and oxygen atoms in total. The van der Waals surface area contributed by atoms with Crippen molar-refractivity contribution in [3.05, 3.63) is 90.0 Å². The summed E-state index contributed by atoms with van der Waals surface area (Å²) >= 11 is 0. The van der Waals surface area contributed by atoms with Gasteiger partial charge in [-0.2, -0.15) is 0 Å². The number of ketones is 1. The molecule has 0 radical (unpaired) electrons. The number of benzene rings is 3. The van der Waals surface area contributed by atoms with Crippen molar-refractivity contribution in [1.82, 2.24) is 0 Å². The lowest BCUT2D eigenvalue weighted by Gasteiger charge is -2.21. The summed E-state index contributed by atoms with van der Waals surface area (Å²) < 4.78 is 5.61. The van der Waals surface area contributed by atoms with E-state index in [1.54, 1.807) is 36.4 Å². The van der Waals surface area contributed by atoms with Crippen LogP contribution in [0.4, 0.5) is 11.4 Å². The van der Waals surface area contributed by atoms with Gasteiger partial charge in [0, 0.05) is 24.2 Å². The number of carbonyl (C=O) groups excluding carboxylic acids is 2. The molecule has 4 rings (SSSR count). The minimum absolute atomic E-state index is 0.0431. The van der Waals surface area contributed by atoms with Gasteiger partial charge in [-0.05, 0) is 49.2 Å². The van der Waals surface area contributed by atoms with Crippen LogP contribution in [-0.2, 0) is 4.79 Å². The Labute approximate surface area is 176 Å². The highest BCUT2D eigenvalue weighted by Crippen LogP contribution is 2.28. The Morgan fingerprint density at radius 1 is 0.800 bits per heavy atom. The highest BCUT2D eigenvalue weighted by Gasteiger charge is 2.16. The predicted octanol–water partition coefficient (Wildman–Crippen LogP) is 4.54. The molecule has 1 saturated heterocycles. The fraction of sp³-hybridized carbons (Fsp3) is 0.200. The molecule has 1 aliphatic rings. The quantitative estimate of drug-likeness (QED) is 0.592. The average molecular weight is 400 g/mol. The van der Waals surface area contributed by atoms with Gasteiger partial charge in [-0.3, -0.25) is 9.59 Å². The molecule has 30 heavy (non-hydrogen) atoms. The zero-order chi connectivity index (χ0) is 20.8. The number of hydrogen-bond donors (Lipinski definition) is 1. The van der Waals surface area contributed by atoms with Crippen LogP contribution in [0.5, 0.6) is 5.75 Å². The smallest absolute Gasteiger partial charge is 0.262 e. The van der Waals surface area contributed by atoms with E-state index in [-0.39, 0.29) is 18.3 Å². The first-order valence-electron chi connectivity index (χ1n) is 10.2. The van der Waals surface area contributed by atoms with Crippen LogP contribution in [0.15, 0.2) is 78.9 Å². The maximum atomic E-state index is 12.5. The second kappa shape index (κ2) is 9.27. The number of carbonyl (C=O) groups is 2. The third-order valence-corrected chi connectivity index (χ3v) is 5.15. The van der Waals surface area contributed by atoms with Crippen molar-refractivity contribution >= 4 is 23.1 Å². The predicted molar refractivity (Wildman–Crippen MR) is 118 cm³/mol. The SMILES string of the molecule is O=C(COc1ccc(C(=O)c2ccccc2)cc1)Nc1ccccc1N1CCCC1. The van der Waals surface area contributed by atoms with E-state index in [0.717, 1.165) is 24.5 Å². The first-order valence-corrected chi connectivity index (χ1v) is 10.2. The summed E-state index contributed by atoms with van der Waals surface area (Å²) in [4.78, 5) is 27.2. The van der Waals surface area contributed by atoms with Crippen molar-refractivity contribution in [3.63, 3.8) is 0 Å². The van der Waals surface area contributed by atoms with E-state index in [4.69, 9.17) is 4.74 Å². The van der Waals surface area contributed by atoms with Gasteiger partial charge >= 0.3 is 0 Å². The molecule has 0 spiro atoms. The van der Waals surface area contributed by atoms with E-state index in [1.807, 2.05) is 42.5 Å². The Kier molecular flexibility index (Phi) is 6.09. The number of rotatable bonds is 7. The second-order valence-electron chi connectivity index (χ2n) is 7.27. The first-order chi connectivity index (χ1) is 14.7. The minimum Gasteiger partial charge on any atom is -0.484 e. The normalized spacial score (nSPS) is 13.1. The summed E-state index contributed by atoms with van der Waals surface area (Å²) in [5.41, 5.74) is 3.07. The average Bonchev–Trinajstić information content (AvgIpc) is 3.33. The van der Waals surface area contributed by atoms with E-state index >= 15 is 0 Å². The van der Waals surface area contributed by atoms with E-state index < -0.39 is 0 Å². The van der Waals surface area contributed by atoms with E-state index in [0.29, 0.717) is 16.9 Å². The number of ether oxygens (including phenoxy) is 1. The van der Waals surface area contributed by atoms with Gasteiger partial charge in [0.25, 0.3) is 5.91 Å². The van der Waals surface area contributed by atoms with Gasteiger partial charge in [0.05, 0.1) is 11.4 Å². The molecule has 0 saturated carbocycles. The molecule has 3 aromatic rings. The fourth-order valence-electron chi connectivity index (χ4n) is 3.61. The Morgan fingerprint density at radius 3 is 2.17 bits per heavy atom. The van der Waals surface area contributed by atoms with Gasteiger partial charge in [-0.1, -0.05) is 42.5 Å². The molecule has 1 heterocycles. The topological polar surface area (TPSA) is 58.6 Å². The van der Waals surface area contributed by atoms with Crippen LogP contribution in [0.1, 0.15) is 28.8 Å². The maximum absolute atomic E-state index is 12.5. The van der Waals surface area contributed by atoms with Crippen LogP contribution in [0, 0.1) is 0 Å². The molecule has 3 aromatic carbocycles. The lowest BCUT2D eigenvalue weighted by Crippen LogP contribution is -2.24. The van der Waals surface area contributed by atoms with Crippen molar-refractivity contribution in [2.75, 3.05) is 29.9 Å². The van der Waals surface area contributed by atoms with Gasteiger partial charge in [0.2, 0.25) is 0 Å². The standard InChI is InChI=1S/C25H24N2O3/c28-24(26-22-10-4-5-11-23(22)27-16-6-7-17-27)18-30-21-14-12-20(13-15-21)25(29)19-8-2-1-3-9-19/h1-5,8-15H,6-7,16-18H2,(H,26,28). The summed E-state index contributed by atoms with van der Waals surface area (Å²) in [6, 6.07) is 23.8. The lowest BCUT2D eigenvalue weighted by atomic mass is 10.0. The summed E-state index contributed by atoms with van der Waals surface area (Å²) in [5, 5.41) is 2.95. The van der Waals surface area contributed by atoms with Crippen LogP contribution in [-0.4, -0.2) is 31.4 Å². The first kappa shape index (κ1) is 19.7. The summed E-state index contributed by atoms with van der Waals surface area (Å²) in [7, 11) is 0. The number of nitrogens with one attached hydrogen (secondary N) is 1. The minimum atomic E-state index is -0.217. The van der Waals surface area contributed by atoms with Gasteiger partial charge in [0.1, 0.15) is 5.75 Å². The van der Waals surface area contributed by atoms with Crippen LogP contribution in [0.25, 0.3) is 0 Å².